The zero-order valence-corrected chi connectivity index (χ0v) is 14.1. The second kappa shape index (κ2) is 7.59. The predicted octanol–water partition coefficient (Wildman–Crippen LogP) is 3.13. The third kappa shape index (κ3) is 4.84. The first-order valence-corrected chi connectivity index (χ1v) is 9.31. The average molecular weight is 311 g/mol. The van der Waals surface area contributed by atoms with Gasteiger partial charge in [0.2, 0.25) is 0 Å². The molecule has 21 heavy (non-hydrogen) atoms. The van der Waals surface area contributed by atoms with E-state index in [-0.39, 0.29) is 16.8 Å². The summed E-state index contributed by atoms with van der Waals surface area (Å²) in [5.41, 5.74) is 0.541. The number of unbranched alkanes of at least 4 members (excludes halogenated alkanes) is 1. The molecule has 0 aliphatic carbocycles. The van der Waals surface area contributed by atoms with Crippen molar-refractivity contribution >= 4 is 15.7 Å². The van der Waals surface area contributed by atoms with Crippen molar-refractivity contribution in [2.75, 3.05) is 12.8 Å². The predicted molar refractivity (Wildman–Crippen MR) is 85.2 cm³/mol. The molecule has 0 fully saturated rings. The lowest BCUT2D eigenvalue weighted by atomic mass is 10.1. The van der Waals surface area contributed by atoms with Gasteiger partial charge in [-0.05, 0) is 44.0 Å². The molecule has 0 N–H and O–H groups in total. The SMILES string of the molecule is CCCCN(C(=O)c1ccc(S(C)(=O)=O)cc1)C(C)CC. The summed E-state index contributed by atoms with van der Waals surface area (Å²) in [6.45, 7) is 6.93. The van der Waals surface area contributed by atoms with Gasteiger partial charge < -0.3 is 4.90 Å². The van der Waals surface area contributed by atoms with Crippen molar-refractivity contribution in [3.05, 3.63) is 29.8 Å². The van der Waals surface area contributed by atoms with Crippen LogP contribution in [0.4, 0.5) is 0 Å². The van der Waals surface area contributed by atoms with E-state index in [0.717, 1.165) is 32.1 Å². The summed E-state index contributed by atoms with van der Waals surface area (Å²) >= 11 is 0. The molecule has 0 radical (unpaired) electrons. The standard InChI is InChI=1S/C16H25NO3S/c1-5-7-12-17(13(3)6-2)16(18)14-8-10-15(11-9-14)21(4,19)20/h8-11,13H,5-7,12H2,1-4H3. The van der Waals surface area contributed by atoms with E-state index in [9.17, 15) is 13.2 Å². The lowest BCUT2D eigenvalue weighted by Crippen LogP contribution is -2.39. The van der Waals surface area contributed by atoms with Gasteiger partial charge in [0.15, 0.2) is 9.84 Å². The molecular formula is C16H25NO3S. The van der Waals surface area contributed by atoms with Crippen molar-refractivity contribution in [3.63, 3.8) is 0 Å². The van der Waals surface area contributed by atoms with Crippen molar-refractivity contribution in [3.8, 4) is 0 Å². The second-order valence-electron chi connectivity index (χ2n) is 5.41. The number of hydrogen-bond acceptors (Lipinski definition) is 3. The van der Waals surface area contributed by atoms with Crippen molar-refractivity contribution in [2.45, 2.75) is 51.0 Å². The fraction of sp³-hybridized carbons (Fsp3) is 0.562. The van der Waals surface area contributed by atoms with Gasteiger partial charge in [-0.3, -0.25) is 4.79 Å². The average Bonchev–Trinajstić information content (AvgIpc) is 2.46. The van der Waals surface area contributed by atoms with Gasteiger partial charge in [-0.1, -0.05) is 20.3 Å². The number of carbonyl (C=O) groups excluding carboxylic acids is 1. The number of sulfone groups is 1. The summed E-state index contributed by atoms with van der Waals surface area (Å²) in [6, 6.07) is 6.37. The van der Waals surface area contributed by atoms with Gasteiger partial charge in [0, 0.05) is 24.4 Å². The molecule has 118 valence electrons. The minimum Gasteiger partial charge on any atom is -0.336 e. The monoisotopic (exact) mass is 311 g/mol. The molecule has 0 aromatic heterocycles. The first kappa shape index (κ1) is 17.7. The molecule has 1 rings (SSSR count). The van der Waals surface area contributed by atoms with E-state index in [0.29, 0.717) is 5.56 Å². The number of hydrogen-bond donors (Lipinski definition) is 0. The maximum Gasteiger partial charge on any atom is 0.254 e. The topological polar surface area (TPSA) is 54.5 Å². The van der Waals surface area contributed by atoms with Gasteiger partial charge >= 0.3 is 0 Å². The normalized spacial score (nSPS) is 13.0. The van der Waals surface area contributed by atoms with Crippen LogP contribution in [0.5, 0.6) is 0 Å². The Hall–Kier alpha value is -1.36. The summed E-state index contributed by atoms with van der Waals surface area (Å²) in [4.78, 5) is 14.7. The molecular weight excluding hydrogens is 286 g/mol. The van der Waals surface area contributed by atoms with E-state index in [1.807, 2.05) is 11.8 Å². The number of nitrogens with zero attached hydrogens (tertiary/aromatic N) is 1. The van der Waals surface area contributed by atoms with Gasteiger partial charge in [-0.15, -0.1) is 0 Å². The molecule has 4 nitrogen and oxygen atoms in total. The van der Waals surface area contributed by atoms with E-state index in [4.69, 9.17) is 0 Å². The van der Waals surface area contributed by atoms with Gasteiger partial charge in [0.1, 0.15) is 0 Å². The Morgan fingerprint density at radius 2 is 1.76 bits per heavy atom. The molecule has 0 saturated heterocycles. The van der Waals surface area contributed by atoms with Gasteiger partial charge in [0.05, 0.1) is 4.90 Å². The van der Waals surface area contributed by atoms with E-state index in [1.54, 1.807) is 12.1 Å². The van der Waals surface area contributed by atoms with Crippen molar-refractivity contribution in [1.82, 2.24) is 4.90 Å². The summed E-state index contributed by atoms with van der Waals surface area (Å²) in [5, 5.41) is 0. The molecule has 1 aromatic carbocycles. The molecule has 0 heterocycles. The lowest BCUT2D eigenvalue weighted by Gasteiger charge is -2.28. The van der Waals surface area contributed by atoms with Crippen LogP contribution in [0.3, 0.4) is 0 Å². The van der Waals surface area contributed by atoms with E-state index < -0.39 is 9.84 Å². The third-order valence-electron chi connectivity index (χ3n) is 3.67. The van der Waals surface area contributed by atoms with Crippen LogP contribution in [0.15, 0.2) is 29.2 Å². The van der Waals surface area contributed by atoms with E-state index >= 15 is 0 Å². The number of carbonyl (C=O) groups is 1. The fourth-order valence-electron chi connectivity index (χ4n) is 2.08. The maximum atomic E-state index is 12.6. The highest BCUT2D eigenvalue weighted by molar-refractivity contribution is 7.90. The lowest BCUT2D eigenvalue weighted by molar-refractivity contribution is 0.0685. The van der Waals surface area contributed by atoms with Crippen LogP contribution in [0, 0.1) is 0 Å². The minimum atomic E-state index is -3.23. The summed E-state index contributed by atoms with van der Waals surface area (Å²) in [5.74, 6) is -0.0298. The Kier molecular flexibility index (Phi) is 6.40. The second-order valence-corrected chi connectivity index (χ2v) is 7.42. The Morgan fingerprint density at radius 1 is 1.19 bits per heavy atom. The molecule has 0 bridgehead atoms. The Labute approximate surface area is 128 Å². The van der Waals surface area contributed by atoms with Crippen LogP contribution in [0.2, 0.25) is 0 Å². The molecule has 5 heteroatoms. The fourth-order valence-corrected chi connectivity index (χ4v) is 2.71. The van der Waals surface area contributed by atoms with E-state index in [1.165, 1.54) is 12.1 Å². The molecule has 1 amide bonds. The molecule has 0 spiro atoms. The molecule has 0 aliphatic heterocycles. The van der Waals surface area contributed by atoms with Crippen LogP contribution in [-0.4, -0.2) is 38.1 Å². The quantitative estimate of drug-likeness (QED) is 0.777. The highest BCUT2D eigenvalue weighted by atomic mass is 32.2. The van der Waals surface area contributed by atoms with Gasteiger partial charge in [0.25, 0.3) is 5.91 Å². The Balaban J connectivity index is 2.98. The van der Waals surface area contributed by atoms with Crippen LogP contribution >= 0.6 is 0 Å². The zero-order chi connectivity index (χ0) is 16.0. The summed E-state index contributed by atoms with van der Waals surface area (Å²) < 4.78 is 22.9. The highest BCUT2D eigenvalue weighted by Gasteiger charge is 2.20. The van der Waals surface area contributed by atoms with Crippen LogP contribution in [0.1, 0.15) is 50.4 Å². The maximum absolute atomic E-state index is 12.6. The summed E-state index contributed by atoms with van der Waals surface area (Å²) in [7, 11) is -3.23. The van der Waals surface area contributed by atoms with Crippen LogP contribution < -0.4 is 0 Å². The van der Waals surface area contributed by atoms with Gasteiger partial charge in [-0.25, -0.2) is 8.42 Å². The van der Waals surface area contributed by atoms with Crippen molar-refractivity contribution in [1.29, 1.82) is 0 Å². The molecule has 1 atom stereocenters. The zero-order valence-electron chi connectivity index (χ0n) is 13.3. The van der Waals surface area contributed by atoms with Crippen molar-refractivity contribution < 1.29 is 13.2 Å². The van der Waals surface area contributed by atoms with Crippen molar-refractivity contribution in [2.24, 2.45) is 0 Å². The Bertz CT molecular complexity index is 564. The smallest absolute Gasteiger partial charge is 0.254 e. The first-order valence-electron chi connectivity index (χ1n) is 7.42. The van der Waals surface area contributed by atoms with Crippen LogP contribution in [-0.2, 0) is 9.84 Å². The van der Waals surface area contributed by atoms with Crippen LogP contribution in [0.25, 0.3) is 0 Å². The number of amides is 1. The largest absolute Gasteiger partial charge is 0.336 e. The molecule has 0 aliphatic rings. The number of benzene rings is 1. The van der Waals surface area contributed by atoms with Gasteiger partial charge in [-0.2, -0.15) is 0 Å². The molecule has 0 saturated carbocycles. The number of rotatable bonds is 7. The summed E-state index contributed by atoms with van der Waals surface area (Å²) in [6.07, 6.45) is 4.07. The molecule has 1 unspecified atom stereocenters. The first-order chi connectivity index (χ1) is 9.81. The highest BCUT2D eigenvalue weighted by Crippen LogP contribution is 2.15. The molecule has 1 aromatic rings. The van der Waals surface area contributed by atoms with E-state index in [2.05, 4.69) is 13.8 Å². The Morgan fingerprint density at radius 3 is 2.19 bits per heavy atom. The minimum absolute atomic E-state index is 0.0298. The third-order valence-corrected chi connectivity index (χ3v) is 4.79.